The van der Waals surface area contributed by atoms with Crippen molar-refractivity contribution in [3.63, 3.8) is 0 Å². The first kappa shape index (κ1) is 13.4. The van der Waals surface area contributed by atoms with Gasteiger partial charge in [0.15, 0.2) is 12.1 Å². The number of hydrogen-bond acceptors (Lipinski definition) is 4. The second kappa shape index (κ2) is 7.54. The highest BCUT2D eigenvalue weighted by atomic mass is 16.7. The molecule has 0 aromatic carbocycles. The summed E-state index contributed by atoms with van der Waals surface area (Å²) in [5, 5.41) is 8.89. The summed E-state index contributed by atoms with van der Waals surface area (Å²) in [6.45, 7) is 2.49. The standard InChI is InChI=1S/C12H20O4/c1-2-3-4-5-8-15-12-7-6-10(14)11(9-13)16-12/h6-7,11-13H,2-5,8-9H2,1H3/t11-,12+/m1/s1. The summed E-state index contributed by atoms with van der Waals surface area (Å²) in [6.07, 6.45) is 6.31. The molecule has 0 aromatic rings. The summed E-state index contributed by atoms with van der Waals surface area (Å²) < 4.78 is 10.7. The lowest BCUT2D eigenvalue weighted by atomic mass is 10.2. The molecular weight excluding hydrogens is 208 g/mol. The highest BCUT2D eigenvalue weighted by molar-refractivity contribution is 5.94. The quantitative estimate of drug-likeness (QED) is 0.670. The molecule has 2 atom stereocenters. The first-order valence-corrected chi connectivity index (χ1v) is 5.88. The fourth-order valence-corrected chi connectivity index (χ4v) is 1.51. The van der Waals surface area contributed by atoms with Crippen molar-refractivity contribution in [1.82, 2.24) is 0 Å². The smallest absolute Gasteiger partial charge is 0.186 e. The Labute approximate surface area is 96.2 Å². The van der Waals surface area contributed by atoms with E-state index in [1.165, 1.54) is 18.9 Å². The van der Waals surface area contributed by atoms with Gasteiger partial charge in [-0.2, -0.15) is 0 Å². The maximum Gasteiger partial charge on any atom is 0.186 e. The van der Waals surface area contributed by atoms with Crippen molar-refractivity contribution in [2.75, 3.05) is 13.2 Å². The number of ether oxygens (including phenoxy) is 2. The van der Waals surface area contributed by atoms with Crippen molar-refractivity contribution < 1.29 is 19.4 Å². The van der Waals surface area contributed by atoms with E-state index >= 15 is 0 Å². The van der Waals surface area contributed by atoms with Crippen molar-refractivity contribution in [3.8, 4) is 0 Å². The molecule has 1 aliphatic heterocycles. The van der Waals surface area contributed by atoms with E-state index < -0.39 is 12.4 Å². The van der Waals surface area contributed by atoms with Gasteiger partial charge in [0.25, 0.3) is 0 Å². The highest BCUT2D eigenvalue weighted by Gasteiger charge is 2.24. The Balaban J connectivity index is 2.18. The molecule has 0 aliphatic carbocycles. The molecule has 4 heteroatoms. The second-order valence-corrected chi connectivity index (χ2v) is 3.87. The van der Waals surface area contributed by atoms with Gasteiger partial charge in [-0.25, -0.2) is 0 Å². The maximum atomic E-state index is 11.2. The fourth-order valence-electron chi connectivity index (χ4n) is 1.51. The van der Waals surface area contributed by atoms with Crippen molar-refractivity contribution >= 4 is 5.78 Å². The molecule has 1 heterocycles. The van der Waals surface area contributed by atoms with Crippen molar-refractivity contribution in [2.45, 2.75) is 45.0 Å². The first-order valence-electron chi connectivity index (χ1n) is 5.88. The molecule has 1 aliphatic rings. The third kappa shape index (κ3) is 4.43. The molecule has 0 radical (unpaired) electrons. The second-order valence-electron chi connectivity index (χ2n) is 3.87. The van der Waals surface area contributed by atoms with Crippen LogP contribution < -0.4 is 0 Å². The number of ketones is 1. The third-order valence-electron chi connectivity index (χ3n) is 2.48. The number of aliphatic hydroxyl groups is 1. The van der Waals surface area contributed by atoms with Gasteiger partial charge in [0, 0.05) is 0 Å². The predicted molar refractivity (Wildman–Crippen MR) is 60.0 cm³/mol. The summed E-state index contributed by atoms with van der Waals surface area (Å²) in [7, 11) is 0. The van der Waals surface area contributed by atoms with Crippen LogP contribution in [-0.2, 0) is 14.3 Å². The average Bonchev–Trinajstić information content (AvgIpc) is 2.31. The topological polar surface area (TPSA) is 55.8 Å². The van der Waals surface area contributed by atoms with Crippen molar-refractivity contribution in [1.29, 1.82) is 0 Å². The molecule has 0 spiro atoms. The van der Waals surface area contributed by atoms with Crippen LogP contribution in [0.1, 0.15) is 32.6 Å². The molecule has 16 heavy (non-hydrogen) atoms. The molecule has 0 amide bonds. The Kier molecular flexibility index (Phi) is 6.30. The van der Waals surface area contributed by atoms with Crippen LogP contribution in [-0.4, -0.2) is 36.5 Å². The Morgan fingerprint density at radius 1 is 1.44 bits per heavy atom. The Hall–Kier alpha value is -0.710. The number of hydrogen-bond donors (Lipinski definition) is 1. The van der Waals surface area contributed by atoms with E-state index in [9.17, 15) is 4.79 Å². The Morgan fingerprint density at radius 3 is 2.94 bits per heavy atom. The van der Waals surface area contributed by atoms with E-state index in [1.54, 1.807) is 6.08 Å². The lowest BCUT2D eigenvalue weighted by Crippen LogP contribution is -2.35. The Bertz CT molecular complexity index is 237. The zero-order chi connectivity index (χ0) is 11.8. The van der Waals surface area contributed by atoms with Gasteiger partial charge in [0.2, 0.25) is 0 Å². The highest BCUT2D eigenvalue weighted by Crippen LogP contribution is 2.11. The fraction of sp³-hybridized carbons (Fsp3) is 0.750. The molecule has 92 valence electrons. The first-order chi connectivity index (χ1) is 7.77. The maximum absolute atomic E-state index is 11.2. The molecule has 1 rings (SSSR count). The monoisotopic (exact) mass is 228 g/mol. The largest absolute Gasteiger partial charge is 0.393 e. The predicted octanol–water partition coefficient (Wildman–Crippen LogP) is 1.43. The lowest BCUT2D eigenvalue weighted by Gasteiger charge is -2.23. The third-order valence-corrected chi connectivity index (χ3v) is 2.48. The van der Waals surface area contributed by atoms with Crippen LogP contribution in [0.5, 0.6) is 0 Å². The lowest BCUT2D eigenvalue weighted by molar-refractivity contribution is -0.168. The van der Waals surface area contributed by atoms with Gasteiger partial charge >= 0.3 is 0 Å². The molecule has 1 N–H and O–H groups in total. The number of carbonyl (C=O) groups is 1. The molecule has 0 unspecified atom stereocenters. The summed E-state index contributed by atoms with van der Waals surface area (Å²) in [5.41, 5.74) is 0. The minimum Gasteiger partial charge on any atom is -0.393 e. The van der Waals surface area contributed by atoms with Gasteiger partial charge in [-0.15, -0.1) is 0 Å². The summed E-state index contributed by atoms with van der Waals surface area (Å²) in [6, 6.07) is 0. The molecule has 0 aromatic heterocycles. The van der Waals surface area contributed by atoms with E-state index in [2.05, 4.69) is 6.92 Å². The summed E-state index contributed by atoms with van der Waals surface area (Å²) in [5.74, 6) is -0.201. The molecule has 0 saturated heterocycles. The van der Waals surface area contributed by atoms with Gasteiger partial charge < -0.3 is 14.6 Å². The average molecular weight is 228 g/mol. The number of unbranched alkanes of at least 4 members (excludes halogenated alkanes) is 3. The van der Waals surface area contributed by atoms with Crippen molar-refractivity contribution in [3.05, 3.63) is 12.2 Å². The van der Waals surface area contributed by atoms with E-state index in [4.69, 9.17) is 14.6 Å². The van der Waals surface area contributed by atoms with Gasteiger partial charge in [-0.05, 0) is 18.6 Å². The zero-order valence-electron chi connectivity index (χ0n) is 9.72. The zero-order valence-corrected chi connectivity index (χ0v) is 9.72. The number of carbonyl (C=O) groups excluding carboxylic acids is 1. The molecule has 4 nitrogen and oxygen atoms in total. The molecule has 0 bridgehead atoms. The number of aliphatic hydroxyl groups excluding tert-OH is 1. The molecule has 0 fully saturated rings. The number of rotatable bonds is 7. The van der Waals surface area contributed by atoms with Gasteiger partial charge in [0.05, 0.1) is 13.2 Å². The normalized spacial score (nSPS) is 25.0. The summed E-state index contributed by atoms with van der Waals surface area (Å²) in [4.78, 5) is 11.2. The van der Waals surface area contributed by atoms with Gasteiger partial charge in [0.1, 0.15) is 6.10 Å². The van der Waals surface area contributed by atoms with Gasteiger partial charge in [-0.3, -0.25) is 4.79 Å². The van der Waals surface area contributed by atoms with E-state index in [-0.39, 0.29) is 12.4 Å². The Morgan fingerprint density at radius 2 is 2.25 bits per heavy atom. The van der Waals surface area contributed by atoms with Crippen LogP contribution in [0.4, 0.5) is 0 Å². The van der Waals surface area contributed by atoms with Crippen LogP contribution in [0.3, 0.4) is 0 Å². The molecule has 0 saturated carbocycles. The SMILES string of the molecule is CCCCCCO[C@@H]1C=CC(=O)[C@@H](CO)O1. The minimum absolute atomic E-state index is 0.201. The molecular formula is C12H20O4. The van der Waals surface area contributed by atoms with Crippen LogP contribution in [0.2, 0.25) is 0 Å². The van der Waals surface area contributed by atoms with Crippen molar-refractivity contribution in [2.24, 2.45) is 0 Å². The van der Waals surface area contributed by atoms with E-state index in [1.807, 2.05) is 0 Å². The van der Waals surface area contributed by atoms with Crippen LogP contribution >= 0.6 is 0 Å². The van der Waals surface area contributed by atoms with Gasteiger partial charge in [-0.1, -0.05) is 26.2 Å². The van der Waals surface area contributed by atoms with E-state index in [0.29, 0.717) is 6.61 Å². The van der Waals surface area contributed by atoms with Crippen LogP contribution in [0.15, 0.2) is 12.2 Å². The summed E-state index contributed by atoms with van der Waals surface area (Å²) >= 11 is 0. The van der Waals surface area contributed by atoms with Crippen LogP contribution in [0, 0.1) is 0 Å². The van der Waals surface area contributed by atoms with E-state index in [0.717, 1.165) is 12.8 Å². The minimum atomic E-state index is -0.759. The van der Waals surface area contributed by atoms with Crippen LogP contribution in [0.25, 0.3) is 0 Å².